The summed E-state index contributed by atoms with van der Waals surface area (Å²) in [6.45, 7) is 3.77. The third-order valence-corrected chi connectivity index (χ3v) is 1.73. The lowest BCUT2D eigenvalue weighted by Gasteiger charge is -2.06. The summed E-state index contributed by atoms with van der Waals surface area (Å²) in [5, 5.41) is 5.50. The van der Waals surface area contributed by atoms with Crippen molar-refractivity contribution in [1.82, 2.24) is 10.6 Å². The van der Waals surface area contributed by atoms with Crippen molar-refractivity contribution >= 4 is 11.9 Å². The molecule has 0 heterocycles. The van der Waals surface area contributed by atoms with Gasteiger partial charge in [0.1, 0.15) is 0 Å². The van der Waals surface area contributed by atoms with E-state index >= 15 is 0 Å². The molecule has 0 saturated heterocycles. The molecule has 0 unspecified atom stereocenters. The largest absolute Gasteiger partial charge is 0.466 e. The molecular weight excluding hydrogens is 212 g/mol. The van der Waals surface area contributed by atoms with E-state index in [0.717, 1.165) is 0 Å². The number of carbonyl (C=O) groups excluding carboxylic acids is 2. The molecule has 0 aromatic carbocycles. The summed E-state index contributed by atoms with van der Waals surface area (Å²) in [5.74, 6) is -0.365. The predicted molar refractivity (Wildman–Crippen MR) is 59.0 cm³/mol. The van der Waals surface area contributed by atoms with Crippen LogP contribution in [0.3, 0.4) is 0 Å². The molecule has 0 radical (unpaired) electrons. The number of hydrogen-bond donors (Lipinski definition) is 2. The fourth-order valence-corrected chi connectivity index (χ4v) is 0.981. The zero-order valence-corrected chi connectivity index (χ0v) is 9.88. The second-order valence-corrected chi connectivity index (χ2v) is 3.07. The Hall–Kier alpha value is -1.14. The zero-order chi connectivity index (χ0) is 12.2. The molecule has 0 saturated carbocycles. The highest BCUT2D eigenvalue weighted by Crippen LogP contribution is 1.83. The van der Waals surface area contributed by atoms with Crippen molar-refractivity contribution in [3.63, 3.8) is 0 Å². The summed E-state index contributed by atoms with van der Waals surface area (Å²) in [7, 11) is 1.57. The van der Waals surface area contributed by atoms with Gasteiger partial charge < -0.3 is 20.1 Å². The summed E-state index contributed by atoms with van der Waals surface area (Å²) in [6, 6.07) is 0. The summed E-state index contributed by atoms with van der Waals surface area (Å²) in [4.78, 5) is 22.1. The first kappa shape index (κ1) is 14.9. The Bertz CT molecular complexity index is 209. The van der Waals surface area contributed by atoms with Crippen LogP contribution >= 0.6 is 0 Å². The van der Waals surface area contributed by atoms with E-state index in [1.165, 1.54) is 0 Å². The molecule has 0 aliphatic carbocycles. The van der Waals surface area contributed by atoms with Crippen molar-refractivity contribution in [2.75, 3.05) is 40.0 Å². The number of nitrogens with one attached hydrogen (secondary N) is 2. The molecular formula is C10H20N2O4. The second-order valence-electron chi connectivity index (χ2n) is 3.07. The van der Waals surface area contributed by atoms with Crippen LogP contribution in [0.15, 0.2) is 0 Å². The molecule has 6 heteroatoms. The molecule has 0 aromatic rings. The normalized spacial score (nSPS) is 9.88. The van der Waals surface area contributed by atoms with Crippen molar-refractivity contribution < 1.29 is 19.1 Å². The van der Waals surface area contributed by atoms with Gasteiger partial charge in [-0.3, -0.25) is 9.59 Å². The Morgan fingerprint density at radius 2 is 2.00 bits per heavy atom. The maximum atomic E-state index is 11.1. The van der Waals surface area contributed by atoms with Gasteiger partial charge >= 0.3 is 5.97 Å². The molecule has 94 valence electrons. The smallest absolute Gasteiger partial charge is 0.307 e. The Kier molecular flexibility index (Phi) is 9.64. The quantitative estimate of drug-likeness (QED) is 0.406. The molecule has 0 aromatic heterocycles. The molecule has 6 nitrogen and oxygen atoms in total. The minimum Gasteiger partial charge on any atom is -0.466 e. The van der Waals surface area contributed by atoms with E-state index in [4.69, 9.17) is 9.47 Å². The van der Waals surface area contributed by atoms with Crippen molar-refractivity contribution in [3.05, 3.63) is 0 Å². The highest BCUT2D eigenvalue weighted by atomic mass is 16.5. The van der Waals surface area contributed by atoms with E-state index in [1.807, 2.05) is 0 Å². The van der Waals surface area contributed by atoms with Gasteiger partial charge in [0.2, 0.25) is 5.91 Å². The number of hydrogen-bond acceptors (Lipinski definition) is 5. The fourth-order valence-electron chi connectivity index (χ4n) is 0.981. The van der Waals surface area contributed by atoms with Crippen molar-refractivity contribution in [3.8, 4) is 0 Å². The number of rotatable bonds is 9. The van der Waals surface area contributed by atoms with Gasteiger partial charge in [0.05, 0.1) is 26.2 Å². The van der Waals surface area contributed by atoms with Gasteiger partial charge in [-0.05, 0) is 6.92 Å². The number of carbonyl (C=O) groups is 2. The van der Waals surface area contributed by atoms with E-state index in [0.29, 0.717) is 26.3 Å². The molecule has 2 N–H and O–H groups in total. The number of ether oxygens (including phenoxy) is 2. The van der Waals surface area contributed by atoms with E-state index in [1.54, 1.807) is 14.0 Å². The topological polar surface area (TPSA) is 76.7 Å². The second kappa shape index (κ2) is 10.4. The fraction of sp³-hybridized carbons (Fsp3) is 0.800. The Morgan fingerprint density at radius 1 is 1.25 bits per heavy atom. The van der Waals surface area contributed by atoms with E-state index < -0.39 is 0 Å². The average molecular weight is 232 g/mol. The SMILES string of the molecule is CCOC(=O)CCNCC(=O)NCCOC. The van der Waals surface area contributed by atoms with Crippen LogP contribution in [-0.4, -0.2) is 51.8 Å². The van der Waals surface area contributed by atoms with E-state index in [2.05, 4.69) is 10.6 Å². The van der Waals surface area contributed by atoms with Gasteiger partial charge in [-0.1, -0.05) is 0 Å². The summed E-state index contributed by atoms with van der Waals surface area (Å²) in [5.41, 5.74) is 0. The first-order valence-corrected chi connectivity index (χ1v) is 5.32. The Morgan fingerprint density at radius 3 is 2.62 bits per heavy atom. The monoisotopic (exact) mass is 232 g/mol. The van der Waals surface area contributed by atoms with Crippen molar-refractivity contribution in [2.24, 2.45) is 0 Å². The highest BCUT2D eigenvalue weighted by Gasteiger charge is 2.02. The number of esters is 1. The van der Waals surface area contributed by atoms with Crippen LogP contribution in [-0.2, 0) is 19.1 Å². The minimum absolute atomic E-state index is 0.110. The third kappa shape index (κ3) is 9.42. The lowest BCUT2D eigenvalue weighted by molar-refractivity contribution is -0.143. The van der Waals surface area contributed by atoms with Gasteiger partial charge in [-0.25, -0.2) is 0 Å². The van der Waals surface area contributed by atoms with Crippen LogP contribution in [0, 0.1) is 0 Å². The van der Waals surface area contributed by atoms with Gasteiger partial charge in [-0.2, -0.15) is 0 Å². The standard InChI is InChI=1S/C10H20N2O4/c1-3-16-10(14)4-5-11-8-9(13)12-6-7-15-2/h11H,3-8H2,1-2H3,(H,12,13). The molecule has 0 rings (SSSR count). The maximum Gasteiger partial charge on any atom is 0.307 e. The van der Waals surface area contributed by atoms with Crippen LogP contribution < -0.4 is 10.6 Å². The van der Waals surface area contributed by atoms with E-state index in [9.17, 15) is 9.59 Å². The molecule has 0 spiro atoms. The molecule has 16 heavy (non-hydrogen) atoms. The maximum absolute atomic E-state index is 11.1. The van der Waals surface area contributed by atoms with Crippen LogP contribution in [0.2, 0.25) is 0 Å². The Labute approximate surface area is 95.7 Å². The molecule has 0 atom stereocenters. The van der Waals surface area contributed by atoms with Crippen LogP contribution in [0.25, 0.3) is 0 Å². The Balaban J connectivity index is 3.30. The lowest BCUT2D eigenvalue weighted by atomic mass is 10.4. The van der Waals surface area contributed by atoms with E-state index in [-0.39, 0.29) is 24.8 Å². The third-order valence-electron chi connectivity index (χ3n) is 1.73. The first-order chi connectivity index (χ1) is 7.70. The van der Waals surface area contributed by atoms with Crippen LogP contribution in [0.4, 0.5) is 0 Å². The first-order valence-electron chi connectivity index (χ1n) is 5.32. The summed E-state index contributed by atoms with van der Waals surface area (Å²) >= 11 is 0. The van der Waals surface area contributed by atoms with Gasteiger partial charge in [-0.15, -0.1) is 0 Å². The molecule has 0 bridgehead atoms. The predicted octanol–water partition coefficient (Wildman–Crippen LogP) is -0.708. The van der Waals surface area contributed by atoms with Gasteiger partial charge in [0, 0.05) is 20.2 Å². The number of amides is 1. The highest BCUT2D eigenvalue weighted by molar-refractivity contribution is 5.78. The molecule has 0 fully saturated rings. The summed E-state index contributed by atoms with van der Waals surface area (Å²) in [6.07, 6.45) is 0.277. The van der Waals surface area contributed by atoms with Crippen LogP contribution in [0.1, 0.15) is 13.3 Å². The molecule has 1 amide bonds. The summed E-state index contributed by atoms with van der Waals surface area (Å²) < 4.78 is 9.51. The van der Waals surface area contributed by atoms with Crippen LogP contribution in [0.5, 0.6) is 0 Å². The van der Waals surface area contributed by atoms with Crippen molar-refractivity contribution in [2.45, 2.75) is 13.3 Å². The van der Waals surface area contributed by atoms with Gasteiger partial charge in [0.15, 0.2) is 0 Å². The number of methoxy groups -OCH3 is 1. The minimum atomic E-state index is -0.255. The van der Waals surface area contributed by atoms with Gasteiger partial charge in [0.25, 0.3) is 0 Å². The molecule has 0 aliphatic rings. The van der Waals surface area contributed by atoms with Crippen molar-refractivity contribution in [1.29, 1.82) is 0 Å². The average Bonchev–Trinajstić information content (AvgIpc) is 2.25. The zero-order valence-electron chi connectivity index (χ0n) is 9.88. The lowest BCUT2D eigenvalue weighted by Crippen LogP contribution is -2.36. The molecule has 0 aliphatic heterocycles.